The van der Waals surface area contributed by atoms with E-state index in [0.29, 0.717) is 17.4 Å². The number of aryl methyl sites for hydroxylation is 1. The molecule has 2 rings (SSSR count). The summed E-state index contributed by atoms with van der Waals surface area (Å²) in [6.45, 7) is 3.93. The second kappa shape index (κ2) is 6.65. The Kier molecular flexibility index (Phi) is 4.88. The minimum absolute atomic E-state index is 0.133. The van der Waals surface area contributed by atoms with Crippen molar-refractivity contribution in [3.8, 4) is 0 Å². The van der Waals surface area contributed by atoms with Gasteiger partial charge < -0.3 is 20.2 Å². The van der Waals surface area contributed by atoms with Gasteiger partial charge in [0.15, 0.2) is 0 Å². The summed E-state index contributed by atoms with van der Waals surface area (Å²) >= 11 is 0. The van der Waals surface area contributed by atoms with Crippen LogP contribution in [0.4, 0.5) is 4.79 Å². The molecule has 1 aliphatic carbocycles. The van der Waals surface area contributed by atoms with Gasteiger partial charge in [-0.15, -0.1) is 0 Å². The molecular formula is C15H22N2O4. The van der Waals surface area contributed by atoms with Crippen LogP contribution < -0.4 is 10.6 Å². The van der Waals surface area contributed by atoms with Gasteiger partial charge in [0.1, 0.15) is 17.1 Å². The van der Waals surface area contributed by atoms with Crippen molar-refractivity contribution in [1.29, 1.82) is 0 Å². The predicted molar refractivity (Wildman–Crippen MR) is 77.2 cm³/mol. The van der Waals surface area contributed by atoms with Gasteiger partial charge in [-0.05, 0) is 31.7 Å². The van der Waals surface area contributed by atoms with Crippen LogP contribution in [0.1, 0.15) is 54.5 Å². The van der Waals surface area contributed by atoms with Crippen LogP contribution in [-0.2, 0) is 6.54 Å². The number of carbonyl (C=O) groups is 2. The zero-order valence-corrected chi connectivity index (χ0v) is 12.4. The Balaban J connectivity index is 1.83. The average Bonchev–Trinajstić information content (AvgIpc) is 2.80. The molecule has 116 valence electrons. The Morgan fingerprint density at radius 3 is 2.71 bits per heavy atom. The summed E-state index contributed by atoms with van der Waals surface area (Å²) in [5.41, 5.74) is 0.133. The van der Waals surface area contributed by atoms with Crippen molar-refractivity contribution >= 4 is 12.0 Å². The fourth-order valence-corrected chi connectivity index (χ4v) is 2.76. The number of carboxylic acid groups (broad SMARTS) is 1. The number of rotatable bonds is 4. The lowest BCUT2D eigenvalue weighted by Crippen LogP contribution is -2.45. The molecule has 1 saturated carbocycles. The van der Waals surface area contributed by atoms with Crippen molar-refractivity contribution in [2.45, 2.75) is 52.1 Å². The van der Waals surface area contributed by atoms with Crippen molar-refractivity contribution in [3.05, 3.63) is 23.2 Å². The number of aromatic carboxylic acids is 1. The Bertz CT molecular complexity index is 524. The van der Waals surface area contributed by atoms with Gasteiger partial charge in [0.2, 0.25) is 0 Å². The van der Waals surface area contributed by atoms with Crippen LogP contribution in [0.25, 0.3) is 0 Å². The largest absolute Gasteiger partial charge is 0.478 e. The standard InChI is InChI=1S/C15H22N2O4/c1-9-5-3-4-6-13(9)17-15(20)16-8-11-7-12(14(18)19)10(2)21-11/h7,9,13H,3-6,8H2,1-2H3,(H,18,19)(H2,16,17,20). The molecule has 1 aromatic rings. The van der Waals surface area contributed by atoms with E-state index in [1.807, 2.05) is 0 Å². The smallest absolute Gasteiger partial charge is 0.339 e. The van der Waals surface area contributed by atoms with Crippen LogP contribution in [0.2, 0.25) is 0 Å². The molecule has 6 heteroatoms. The first-order valence-electron chi connectivity index (χ1n) is 7.34. The number of carbonyl (C=O) groups excluding carboxylic acids is 1. The highest BCUT2D eigenvalue weighted by Gasteiger charge is 2.22. The highest BCUT2D eigenvalue weighted by Crippen LogP contribution is 2.23. The number of furan rings is 1. The Labute approximate surface area is 123 Å². The fraction of sp³-hybridized carbons (Fsp3) is 0.600. The van der Waals surface area contributed by atoms with E-state index in [9.17, 15) is 9.59 Å². The van der Waals surface area contributed by atoms with Crippen molar-refractivity contribution in [2.24, 2.45) is 5.92 Å². The van der Waals surface area contributed by atoms with Crippen molar-refractivity contribution in [2.75, 3.05) is 0 Å². The van der Waals surface area contributed by atoms with Crippen LogP contribution in [0.3, 0.4) is 0 Å². The highest BCUT2D eigenvalue weighted by molar-refractivity contribution is 5.88. The van der Waals surface area contributed by atoms with Crippen molar-refractivity contribution in [3.63, 3.8) is 0 Å². The SMILES string of the molecule is Cc1oc(CNC(=O)NC2CCCCC2C)cc1C(=O)O. The summed E-state index contributed by atoms with van der Waals surface area (Å²) in [6.07, 6.45) is 4.53. The Morgan fingerprint density at radius 1 is 1.38 bits per heavy atom. The molecule has 0 bridgehead atoms. The Morgan fingerprint density at radius 2 is 2.10 bits per heavy atom. The number of carboxylic acids is 1. The maximum absolute atomic E-state index is 11.9. The van der Waals surface area contributed by atoms with Gasteiger partial charge in [0.25, 0.3) is 0 Å². The lowest BCUT2D eigenvalue weighted by molar-refractivity contribution is 0.0695. The van der Waals surface area contributed by atoms with Gasteiger partial charge in [-0.25, -0.2) is 9.59 Å². The number of amides is 2. The monoisotopic (exact) mass is 294 g/mol. The molecule has 0 aliphatic heterocycles. The van der Waals surface area contributed by atoms with Crippen molar-refractivity contribution in [1.82, 2.24) is 10.6 Å². The number of hydrogen-bond acceptors (Lipinski definition) is 3. The van der Waals surface area contributed by atoms with Crippen LogP contribution in [-0.4, -0.2) is 23.1 Å². The minimum atomic E-state index is -1.03. The van der Waals surface area contributed by atoms with Gasteiger partial charge in [0, 0.05) is 6.04 Å². The molecule has 21 heavy (non-hydrogen) atoms. The first-order chi connectivity index (χ1) is 9.97. The van der Waals surface area contributed by atoms with E-state index in [1.165, 1.54) is 12.5 Å². The number of hydrogen-bond donors (Lipinski definition) is 3. The molecule has 0 spiro atoms. The summed E-state index contributed by atoms with van der Waals surface area (Å²) in [4.78, 5) is 22.8. The lowest BCUT2D eigenvalue weighted by atomic mass is 9.86. The van der Waals surface area contributed by atoms with E-state index >= 15 is 0 Å². The molecule has 2 atom stereocenters. The molecule has 2 amide bonds. The van der Waals surface area contributed by atoms with Crippen LogP contribution in [0.15, 0.2) is 10.5 Å². The molecule has 0 radical (unpaired) electrons. The summed E-state index contributed by atoms with van der Waals surface area (Å²) in [5.74, 6) is 0.259. The molecule has 2 unspecified atom stereocenters. The van der Waals surface area contributed by atoms with Gasteiger partial charge >= 0.3 is 12.0 Å². The normalized spacial score (nSPS) is 21.8. The quantitative estimate of drug-likeness (QED) is 0.796. The van der Waals surface area contributed by atoms with E-state index in [0.717, 1.165) is 19.3 Å². The predicted octanol–water partition coefficient (Wildman–Crippen LogP) is 2.66. The zero-order valence-electron chi connectivity index (χ0n) is 12.4. The van der Waals surface area contributed by atoms with E-state index in [1.54, 1.807) is 6.92 Å². The molecule has 1 fully saturated rings. The highest BCUT2D eigenvalue weighted by atomic mass is 16.4. The Hall–Kier alpha value is -1.98. The fourth-order valence-electron chi connectivity index (χ4n) is 2.76. The maximum Gasteiger partial charge on any atom is 0.339 e. The van der Waals surface area contributed by atoms with E-state index in [-0.39, 0.29) is 24.2 Å². The maximum atomic E-state index is 11.9. The second-order valence-electron chi connectivity index (χ2n) is 5.68. The first kappa shape index (κ1) is 15.4. The molecular weight excluding hydrogens is 272 g/mol. The molecule has 0 aromatic carbocycles. The van der Waals surface area contributed by atoms with Gasteiger partial charge in [-0.3, -0.25) is 0 Å². The summed E-state index contributed by atoms with van der Waals surface area (Å²) in [6, 6.07) is 1.42. The third kappa shape index (κ3) is 4.00. The van der Waals surface area contributed by atoms with Gasteiger partial charge in [-0.1, -0.05) is 19.8 Å². The van der Waals surface area contributed by atoms with E-state index in [2.05, 4.69) is 17.6 Å². The third-order valence-electron chi connectivity index (χ3n) is 4.05. The summed E-state index contributed by atoms with van der Waals surface area (Å²) in [5, 5.41) is 14.6. The van der Waals surface area contributed by atoms with Crippen molar-refractivity contribution < 1.29 is 19.1 Å². The first-order valence-corrected chi connectivity index (χ1v) is 7.34. The molecule has 0 saturated heterocycles. The second-order valence-corrected chi connectivity index (χ2v) is 5.68. The van der Waals surface area contributed by atoms with Crippen LogP contribution >= 0.6 is 0 Å². The number of urea groups is 1. The van der Waals surface area contributed by atoms with Gasteiger partial charge in [-0.2, -0.15) is 0 Å². The molecule has 1 heterocycles. The minimum Gasteiger partial charge on any atom is -0.478 e. The molecule has 3 N–H and O–H groups in total. The topological polar surface area (TPSA) is 91.6 Å². The summed E-state index contributed by atoms with van der Waals surface area (Å²) < 4.78 is 5.31. The number of nitrogens with one attached hydrogen (secondary N) is 2. The zero-order chi connectivity index (χ0) is 15.4. The lowest BCUT2D eigenvalue weighted by Gasteiger charge is -2.29. The molecule has 1 aliphatic rings. The summed E-state index contributed by atoms with van der Waals surface area (Å²) in [7, 11) is 0. The molecule has 6 nitrogen and oxygen atoms in total. The van der Waals surface area contributed by atoms with E-state index in [4.69, 9.17) is 9.52 Å². The molecule has 1 aromatic heterocycles. The van der Waals surface area contributed by atoms with Crippen LogP contribution in [0, 0.1) is 12.8 Å². The van der Waals surface area contributed by atoms with E-state index < -0.39 is 5.97 Å². The van der Waals surface area contributed by atoms with Gasteiger partial charge in [0.05, 0.1) is 6.54 Å². The van der Waals surface area contributed by atoms with Crippen LogP contribution in [0.5, 0.6) is 0 Å². The third-order valence-corrected chi connectivity index (χ3v) is 4.05. The average molecular weight is 294 g/mol.